The lowest BCUT2D eigenvalue weighted by molar-refractivity contribution is -0.140. The zero-order valence-corrected chi connectivity index (χ0v) is 14.1. The molecule has 1 aromatic rings. The number of halogens is 1. The van der Waals surface area contributed by atoms with E-state index in [1.54, 1.807) is 17.2 Å². The second-order valence-electron chi connectivity index (χ2n) is 4.72. The molecule has 5 nitrogen and oxygen atoms in total. The summed E-state index contributed by atoms with van der Waals surface area (Å²) >= 11 is 3.31. The predicted molar refractivity (Wildman–Crippen MR) is 84.0 cm³/mol. The van der Waals surface area contributed by atoms with E-state index >= 15 is 0 Å². The molecule has 0 aromatic carbocycles. The van der Waals surface area contributed by atoms with E-state index in [0.29, 0.717) is 18.7 Å². The Morgan fingerprint density at radius 3 is 2.67 bits per heavy atom. The number of methoxy groups -OCH3 is 1. The van der Waals surface area contributed by atoms with Crippen molar-refractivity contribution in [1.29, 1.82) is 0 Å². The van der Waals surface area contributed by atoms with E-state index in [-0.39, 0.29) is 18.3 Å². The molecule has 0 N–H and O–H groups in total. The zero-order valence-electron chi connectivity index (χ0n) is 12.5. The van der Waals surface area contributed by atoms with Crippen LogP contribution in [0.25, 0.3) is 0 Å². The van der Waals surface area contributed by atoms with Crippen molar-refractivity contribution in [2.24, 2.45) is 0 Å². The van der Waals surface area contributed by atoms with Crippen LogP contribution in [0, 0.1) is 0 Å². The molecule has 0 bridgehead atoms. The van der Waals surface area contributed by atoms with Gasteiger partial charge < -0.3 is 9.64 Å². The summed E-state index contributed by atoms with van der Waals surface area (Å²) in [5.41, 5.74) is 0.519. The summed E-state index contributed by atoms with van der Waals surface area (Å²) in [6, 6.07) is 1.74. The largest absolute Gasteiger partial charge is 0.469 e. The summed E-state index contributed by atoms with van der Waals surface area (Å²) in [7, 11) is 1.35. The van der Waals surface area contributed by atoms with E-state index in [2.05, 4.69) is 32.6 Å². The summed E-state index contributed by atoms with van der Waals surface area (Å²) in [6.07, 6.45) is 6.43. The lowest BCUT2D eigenvalue weighted by Crippen LogP contribution is -2.34. The second-order valence-corrected chi connectivity index (χ2v) is 5.63. The van der Waals surface area contributed by atoms with Crippen LogP contribution in [0.4, 0.5) is 0 Å². The Kier molecular flexibility index (Phi) is 7.97. The normalized spacial score (nSPS) is 10.2. The van der Waals surface area contributed by atoms with Crippen molar-refractivity contribution in [3.05, 3.63) is 28.5 Å². The molecule has 1 heterocycles. The van der Waals surface area contributed by atoms with Crippen LogP contribution in [0.2, 0.25) is 0 Å². The maximum atomic E-state index is 12.5. The smallest absolute Gasteiger partial charge is 0.307 e. The molecule has 0 fully saturated rings. The van der Waals surface area contributed by atoms with Gasteiger partial charge in [0.15, 0.2) is 0 Å². The molecular weight excluding hydrogens is 336 g/mol. The Bertz CT molecular complexity index is 480. The third-order valence-electron chi connectivity index (χ3n) is 3.08. The molecule has 0 saturated heterocycles. The van der Waals surface area contributed by atoms with Crippen LogP contribution >= 0.6 is 15.9 Å². The van der Waals surface area contributed by atoms with Gasteiger partial charge >= 0.3 is 5.97 Å². The highest BCUT2D eigenvalue weighted by atomic mass is 79.9. The summed E-state index contributed by atoms with van der Waals surface area (Å²) < 4.78 is 5.39. The molecule has 0 spiro atoms. The average molecular weight is 357 g/mol. The predicted octanol–water partition coefficient (Wildman–Crippen LogP) is 3.04. The highest BCUT2D eigenvalue weighted by Crippen LogP contribution is 2.13. The number of esters is 1. The fraction of sp³-hybridized carbons (Fsp3) is 0.533. The minimum absolute atomic E-state index is 0.108. The topological polar surface area (TPSA) is 59.5 Å². The first kappa shape index (κ1) is 17.6. The van der Waals surface area contributed by atoms with E-state index in [1.807, 2.05) is 0 Å². The lowest BCUT2D eigenvalue weighted by atomic mass is 10.2. The molecule has 1 aromatic heterocycles. The van der Waals surface area contributed by atoms with Crippen molar-refractivity contribution >= 4 is 27.8 Å². The molecule has 1 rings (SSSR count). The monoisotopic (exact) mass is 356 g/mol. The first-order valence-electron chi connectivity index (χ1n) is 7.05. The van der Waals surface area contributed by atoms with E-state index in [0.717, 1.165) is 23.7 Å². The van der Waals surface area contributed by atoms with Gasteiger partial charge in [0.2, 0.25) is 0 Å². The van der Waals surface area contributed by atoms with E-state index in [1.165, 1.54) is 13.3 Å². The molecule has 21 heavy (non-hydrogen) atoms. The molecule has 1 amide bonds. The molecule has 116 valence electrons. The number of pyridine rings is 1. The number of hydrogen-bond acceptors (Lipinski definition) is 4. The average Bonchev–Trinajstić information content (AvgIpc) is 2.49. The summed E-state index contributed by atoms with van der Waals surface area (Å²) in [6.45, 7) is 3.11. The fourth-order valence-electron chi connectivity index (χ4n) is 1.91. The minimum atomic E-state index is -0.310. The number of amides is 1. The standard InChI is InChI=1S/C15H21BrN2O3/c1-3-4-5-7-18(8-6-14(19)21-2)15(20)12-9-13(16)11-17-10-12/h9-11H,3-8H2,1-2H3. The van der Waals surface area contributed by atoms with Gasteiger partial charge in [-0.25, -0.2) is 0 Å². The lowest BCUT2D eigenvalue weighted by Gasteiger charge is -2.22. The molecule has 0 aliphatic heterocycles. The first-order valence-corrected chi connectivity index (χ1v) is 7.84. The van der Waals surface area contributed by atoms with Gasteiger partial charge in [-0.1, -0.05) is 19.8 Å². The molecule has 0 saturated carbocycles. The molecule has 0 aliphatic rings. The molecule has 0 radical (unpaired) electrons. The molecule has 0 aliphatic carbocycles. The van der Waals surface area contributed by atoms with Gasteiger partial charge in [0.05, 0.1) is 19.1 Å². The highest BCUT2D eigenvalue weighted by Gasteiger charge is 2.17. The van der Waals surface area contributed by atoms with Crippen molar-refractivity contribution in [3.63, 3.8) is 0 Å². The third kappa shape index (κ3) is 6.25. The van der Waals surface area contributed by atoms with Crippen molar-refractivity contribution < 1.29 is 14.3 Å². The van der Waals surface area contributed by atoms with Gasteiger partial charge in [0, 0.05) is 30.0 Å². The van der Waals surface area contributed by atoms with Gasteiger partial charge in [0.25, 0.3) is 5.91 Å². The van der Waals surface area contributed by atoms with E-state index in [9.17, 15) is 9.59 Å². The van der Waals surface area contributed by atoms with Crippen LogP contribution in [0.5, 0.6) is 0 Å². The van der Waals surface area contributed by atoms with Gasteiger partial charge in [-0.3, -0.25) is 14.6 Å². The van der Waals surface area contributed by atoms with Gasteiger partial charge in [-0.15, -0.1) is 0 Å². The van der Waals surface area contributed by atoms with E-state index < -0.39 is 0 Å². The maximum Gasteiger partial charge on any atom is 0.307 e. The first-order chi connectivity index (χ1) is 10.1. The molecule has 0 unspecified atom stereocenters. The van der Waals surface area contributed by atoms with Crippen LogP contribution < -0.4 is 0 Å². The summed E-state index contributed by atoms with van der Waals surface area (Å²) in [4.78, 5) is 29.5. The SMILES string of the molecule is CCCCCN(CCC(=O)OC)C(=O)c1cncc(Br)c1. The van der Waals surface area contributed by atoms with Crippen LogP contribution in [0.15, 0.2) is 22.9 Å². The number of nitrogens with zero attached hydrogens (tertiary/aromatic N) is 2. The highest BCUT2D eigenvalue weighted by molar-refractivity contribution is 9.10. The Hall–Kier alpha value is -1.43. The Balaban J connectivity index is 2.73. The van der Waals surface area contributed by atoms with Crippen molar-refractivity contribution in [2.45, 2.75) is 32.6 Å². The Morgan fingerprint density at radius 2 is 2.05 bits per heavy atom. The molecular formula is C15H21BrN2O3. The van der Waals surface area contributed by atoms with E-state index in [4.69, 9.17) is 0 Å². The number of carbonyl (C=O) groups excluding carboxylic acids is 2. The minimum Gasteiger partial charge on any atom is -0.469 e. The van der Waals surface area contributed by atoms with Gasteiger partial charge in [0.1, 0.15) is 0 Å². The van der Waals surface area contributed by atoms with Gasteiger partial charge in [-0.2, -0.15) is 0 Å². The number of aromatic nitrogens is 1. The zero-order chi connectivity index (χ0) is 15.7. The van der Waals surface area contributed by atoms with Crippen molar-refractivity contribution in [3.8, 4) is 0 Å². The van der Waals surface area contributed by atoms with Crippen LogP contribution in [0.3, 0.4) is 0 Å². The maximum absolute atomic E-state index is 12.5. The number of rotatable bonds is 8. The van der Waals surface area contributed by atoms with Crippen molar-refractivity contribution in [1.82, 2.24) is 9.88 Å². The van der Waals surface area contributed by atoms with Crippen LogP contribution in [-0.4, -0.2) is 42.0 Å². The number of ether oxygens (including phenoxy) is 1. The van der Waals surface area contributed by atoms with Gasteiger partial charge in [-0.05, 0) is 28.4 Å². The van der Waals surface area contributed by atoms with Crippen LogP contribution in [-0.2, 0) is 9.53 Å². The van der Waals surface area contributed by atoms with Crippen molar-refractivity contribution in [2.75, 3.05) is 20.2 Å². The van der Waals surface area contributed by atoms with Crippen LogP contribution in [0.1, 0.15) is 43.0 Å². The number of hydrogen-bond donors (Lipinski definition) is 0. The third-order valence-corrected chi connectivity index (χ3v) is 3.52. The Labute approximate surface area is 133 Å². The Morgan fingerprint density at radius 1 is 1.29 bits per heavy atom. The molecule has 6 heteroatoms. The summed E-state index contributed by atoms with van der Waals surface area (Å²) in [5.74, 6) is -0.417. The summed E-state index contributed by atoms with van der Waals surface area (Å²) in [5, 5.41) is 0. The fourth-order valence-corrected chi connectivity index (χ4v) is 2.27. The molecule has 0 atom stereocenters. The number of carbonyl (C=O) groups is 2. The second kappa shape index (κ2) is 9.50. The number of unbranched alkanes of at least 4 members (excludes halogenated alkanes) is 2. The quantitative estimate of drug-likeness (QED) is 0.530.